The lowest BCUT2D eigenvalue weighted by atomic mass is 9.94. The zero-order chi connectivity index (χ0) is 26.3. The zero-order valence-corrected chi connectivity index (χ0v) is 20.4. The molecule has 4 aromatic rings. The Morgan fingerprint density at radius 3 is 2.43 bits per heavy atom. The van der Waals surface area contributed by atoms with Crippen molar-refractivity contribution in [1.82, 2.24) is 0 Å². The number of nitriles is 1. The first-order chi connectivity index (χ1) is 17.9. The number of para-hydroxylation sites is 1. The van der Waals surface area contributed by atoms with E-state index in [-0.39, 0.29) is 11.3 Å². The van der Waals surface area contributed by atoms with Crippen LogP contribution < -0.4 is 14.4 Å². The number of fused-ring (bicyclic) bond motifs is 1. The fourth-order valence-electron chi connectivity index (χ4n) is 4.47. The van der Waals surface area contributed by atoms with E-state index in [1.807, 2.05) is 6.07 Å². The van der Waals surface area contributed by atoms with Crippen molar-refractivity contribution in [3.05, 3.63) is 100.0 Å². The highest BCUT2D eigenvalue weighted by molar-refractivity contribution is 6.31. The Kier molecular flexibility index (Phi) is 6.07. The van der Waals surface area contributed by atoms with Crippen LogP contribution in [0.5, 0.6) is 11.5 Å². The maximum atomic E-state index is 13.9. The Labute approximate surface area is 216 Å². The van der Waals surface area contributed by atoms with Gasteiger partial charge in [-0.3, -0.25) is 14.5 Å². The Balaban J connectivity index is 1.69. The molecular weight excluding hydrogens is 496 g/mol. The van der Waals surface area contributed by atoms with Gasteiger partial charge in [0, 0.05) is 27.7 Å². The molecule has 37 heavy (non-hydrogen) atoms. The predicted octanol–water partition coefficient (Wildman–Crippen LogP) is 5.76. The number of rotatable bonds is 6. The number of anilines is 1. The van der Waals surface area contributed by atoms with Crippen LogP contribution in [0, 0.1) is 11.3 Å². The van der Waals surface area contributed by atoms with E-state index in [1.54, 1.807) is 60.7 Å². The van der Waals surface area contributed by atoms with Gasteiger partial charge in [0.05, 0.1) is 37.5 Å². The number of nitrogens with zero attached hydrogens (tertiary/aromatic N) is 2. The molecule has 8 nitrogen and oxygen atoms in total. The van der Waals surface area contributed by atoms with Crippen LogP contribution in [0.15, 0.2) is 82.5 Å². The smallest absolute Gasteiger partial charge is 0.294 e. The van der Waals surface area contributed by atoms with E-state index >= 15 is 0 Å². The number of ketones is 1. The summed E-state index contributed by atoms with van der Waals surface area (Å²) in [7, 11) is 2.92. The summed E-state index contributed by atoms with van der Waals surface area (Å²) < 4.78 is 16.7. The minimum Gasteiger partial charge on any atom is -0.503 e. The van der Waals surface area contributed by atoms with Gasteiger partial charge < -0.3 is 19.0 Å². The van der Waals surface area contributed by atoms with Gasteiger partial charge in [0.25, 0.3) is 5.91 Å². The molecule has 0 fully saturated rings. The highest BCUT2D eigenvalue weighted by Gasteiger charge is 2.46. The monoisotopic (exact) mass is 514 g/mol. The number of furan rings is 1. The lowest BCUT2D eigenvalue weighted by Gasteiger charge is -2.27. The van der Waals surface area contributed by atoms with E-state index in [0.717, 1.165) is 0 Å². The van der Waals surface area contributed by atoms with Crippen LogP contribution in [0.1, 0.15) is 27.7 Å². The standard InChI is InChI=1S/C28H19ClN2O6/c1-35-20-6-4-3-5-19(20)24-23(26(33)28(34)31(24)18-9-7-15(14-30)8-10-18)25(32)21-12-16-11-17(29)13-22(36-2)27(16)37-21/h3-13,24,33H,1-2H3. The molecule has 1 aliphatic heterocycles. The number of benzene rings is 3. The van der Waals surface area contributed by atoms with E-state index < -0.39 is 23.5 Å². The number of methoxy groups -OCH3 is 2. The fraction of sp³-hybridized carbons (Fsp3) is 0.107. The largest absolute Gasteiger partial charge is 0.503 e. The average molecular weight is 515 g/mol. The normalized spacial score (nSPS) is 15.2. The molecule has 1 amide bonds. The fourth-order valence-corrected chi connectivity index (χ4v) is 4.69. The number of aliphatic hydroxyl groups excluding tert-OH is 1. The molecule has 3 aromatic carbocycles. The summed E-state index contributed by atoms with van der Waals surface area (Å²) >= 11 is 6.16. The lowest BCUT2D eigenvalue weighted by Crippen LogP contribution is -2.31. The minimum atomic E-state index is -1.04. The molecule has 1 aliphatic rings. The molecule has 0 saturated heterocycles. The maximum Gasteiger partial charge on any atom is 0.294 e. The second kappa shape index (κ2) is 9.37. The van der Waals surface area contributed by atoms with E-state index in [9.17, 15) is 20.0 Å². The number of ether oxygens (including phenoxy) is 2. The van der Waals surface area contributed by atoms with Crippen LogP contribution in [-0.2, 0) is 4.79 Å². The van der Waals surface area contributed by atoms with Crippen LogP contribution in [0.2, 0.25) is 5.02 Å². The first-order valence-corrected chi connectivity index (χ1v) is 11.5. The predicted molar refractivity (Wildman–Crippen MR) is 136 cm³/mol. The summed E-state index contributed by atoms with van der Waals surface area (Å²) in [6.07, 6.45) is 0. The van der Waals surface area contributed by atoms with Gasteiger partial charge in [-0.1, -0.05) is 29.8 Å². The molecule has 0 radical (unpaired) electrons. The van der Waals surface area contributed by atoms with Crippen molar-refractivity contribution in [1.29, 1.82) is 5.26 Å². The second-order valence-corrected chi connectivity index (χ2v) is 8.64. The van der Waals surface area contributed by atoms with E-state index in [2.05, 4.69) is 0 Å². The average Bonchev–Trinajstić information content (AvgIpc) is 3.46. The van der Waals surface area contributed by atoms with Crippen molar-refractivity contribution in [2.24, 2.45) is 0 Å². The summed E-state index contributed by atoms with van der Waals surface area (Å²) in [5, 5.41) is 21.1. The van der Waals surface area contributed by atoms with Gasteiger partial charge >= 0.3 is 0 Å². The minimum absolute atomic E-state index is 0.105. The van der Waals surface area contributed by atoms with Gasteiger partial charge in [-0.05, 0) is 42.5 Å². The van der Waals surface area contributed by atoms with Crippen LogP contribution in [0.3, 0.4) is 0 Å². The number of amides is 1. The molecule has 0 bridgehead atoms. The molecule has 9 heteroatoms. The van der Waals surface area contributed by atoms with Gasteiger partial charge in [-0.15, -0.1) is 0 Å². The van der Waals surface area contributed by atoms with E-state index in [1.165, 1.54) is 25.2 Å². The Morgan fingerprint density at radius 1 is 1.05 bits per heavy atom. The highest BCUT2D eigenvalue weighted by Crippen LogP contribution is 2.45. The van der Waals surface area contributed by atoms with Gasteiger partial charge in [-0.25, -0.2) is 0 Å². The molecule has 0 saturated carbocycles. The maximum absolute atomic E-state index is 13.9. The molecule has 0 aliphatic carbocycles. The zero-order valence-electron chi connectivity index (χ0n) is 19.7. The number of aliphatic hydroxyl groups is 1. The summed E-state index contributed by atoms with van der Waals surface area (Å²) in [6, 6.07) is 18.8. The van der Waals surface area contributed by atoms with Crippen molar-refractivity contribution in [2.45, 2.75) is 6.04 Å². The third-order valence-corrected chi connectivity index (χ3v) is 6.37. The SMILES string of the molecule is COc1ccccc1C1C(C(=O)c2cc3cc(Cl)cc(OC)c3o2)=C(O)C(=O)N1c1ccc(C#N)cc1. The van der Waals surface area contributed by atoms with Crippen LogP contribution in [0.25, 0.3) is 11.0 Å². The number of hydrogen-bond acceptors (Lipinski definition) is 7. The first kappa shape index (κ1) is 24.0. The topological polar surface area (TPSA) is 113 Å². The molecule has 1 aromatic heterocycles. The number of halogens is 1. The number of carbonyl (C=O) groups excluding carboxylic acids is 2. The van der Waals surface area contributed by atoms with Crippen molar-refractivity contribution in [2.75, 3.05) is 19.1 Å². The molecular formula is C28H19ClN2O6. The Hall–Kier alpha value is -4.74. The third kappa shape index (κ3) is 3.96. The third-order valence-electron chi connectivity index (χ3n) is 6.15. The molecule has 184 valence electrons. The van der Waals surface area contributed by atoms with Crippen molar-refractivity contribution in [3.8, 4) is 17.6 Å². The summed E-state index contributed by atoms with van der Waals surface area (Å²) in [4.78, 5) is 28.6. The van der Waals surface area contributed by atoms with Gasteiger partial charge in [0.15, 0.2) is 22.9 Å². The van der Waals surface area contributed by atoms with Gasteiger partial charge in [0.2, 0.25) is 5.78 Å². The number of Topliss-reactive ketones (excluding diaryl/α,β-unsaturated/α-hetero) is 1. The first-order valence-electron chi connectivity index (χ1n) is 11.1. The number of hydrogen-bond donors (Lipinski definition) is 1. The quantitative estimate of drug-likeness (QED) is 0.325. The molecule has 1 unspecified atom stereocenters. The lowest BCUT2D eigenvalue weighted by molar-refractivity contribution is -0.117. The Bertz CT molecular complexity index is 1630. The molecule has 1 N–H and O–H groups in total. The van der Waals surface area contributed by atoms with Crippen LogP contribution in [-0.4, -0.2) is 31.0 Å². The van der Waals surface area contributed by atoms with Crippen LogP contribution >= 0.6 is 11.6 Å². The molecule has 2 heterocycles. The summed E-state index contributed by atoms with van der Waals surface area (Å²) in [6.45, 7) is 0. The molecule has 5 rings (SSSR count). The van der Waals surface area contributed by atoms with E-state index in [4.69, 9.17) is 25.5 Å². The van der Waals surface area contributed by atoms with Crippen molar-refractivity contribution in [3.63, 3.8) is 0 Å². The summed E-state index contributed by atoms with van der Waals surface area (Å²) in [5.41, 5.74) is 1.38. The van der Waals surface area contributed by atoms with Crippen molar-refractivity contribution < 1.29 is 28.6 Å². The second-order valence-electron chi connectivity index (χ2n) is 8.21. The van der Waals surface area contributed by atoms with Crippen LogP contribution in [0.4, 0.5) is 5.69 Å². The van der Waals surface area contributed by atoms with Gasteiger partial charge in [0.1, 0.15) is 5.75 Å². The Morgan fingerprint density at radius 2 is 1.76 bits per heavy atom. The van der Waals surface area contributed by atoms with E-state index in [0.29, 0.717) is 44.3 Å². The number of carbonyl (C=O) groups is 2. The molecule has 0 spiro atoms. The van der Waals surface area contributed by atoms with Gasteiger partial charge in [-0.2, -0.15) is 5.26 Å². The van der Waals surface area contributed by atoms with Crippen molar-refractivity contribution >= 4 is 39.9 Å². The highest BCUT2D eigenvalue weighted by atomic mass is 35.5. The molecule has 1 atom stereocenters. The summed E-state index contributed by atoms with van der Waals surface area (Å²) in [5.74, 6) is -1.53.